The number of sulfonamides is 1. The Morgan fingerprint density at radius 3 is 2.25 bits per heavy atom. The van der Waals surface area contributed by atoms with Crippen LogP contribution in [0.15, 0.2) is 35.2 Å². The lowest BCUT2D eigenvalue weighted by molar-refractivity contribution is -0.148. The standard InChI is InChI=1S/C20H28N2O5S/c1-3-22(4-2)28(25,26)18-11-8-17(9-12-18)10-13-20(24)27-16-19(23)21-14-6-5-7-15-21/h8-13H,3-7,14-16H2,1-2H3. The van der Waals surface area contributed by atoms with Gasteiger partial charge in [-0.05, 0) is 43.0 Å². The fourth-order valence-corrected chi connectivity index (χ4v) is 4.50. The fourth-order valence-electron chi connectivity index (χ4n) is 3.04. The van der Waals surface area contributed by atoms with Gasteiger partial charge in [-0.2, -0.15) is 4.31 Å². The van der Waals surface area contributed by atoms with Gasteiger partial charge in [0.25, 0.3) is 5.91 Å². The molecule has 0 saturated carbocycles. The molecule has 8 heteroatoms. The summed E-state index contributed by atoms with van der Waals surface area (Å²) in [7, 11) is -3.50. The van der Waals surface area contributed by atoms with Gasteiger partial charge in [-0.25, -0.2) is 13.2 Å². The third kappa shape index (κ3) is 5.90. The monoisotopic (exact) mass is 408 g/mol. The topological polar surface area (TPSA) is 84.0 Å². The van der Waals surface area contributed by atoms with Gasteiger partial charge < -0.3 is 9.64 Å². The summed E-state index contributed by atoms with van der Waals surface area (Å²) in [6.07, 6.45) is 5.86. The van der Waals surface area contributed by atoms with Gasteiger partial charge in [-0.3, -0.25) is 4.79 Å². The van der Waals surface area contributed by atoms with Crippen molar-refractivity contribution in [1.82, 2.24) is 9.21 Å². The molecule has 1 fully saturated rings. The van der Waals surface area contributed by atoms with E-state index in [0.29, 0.717) is 18.7 Å². The Morgan fingerprint density at radius 2 is 1.68 bits per heavy atom. The number of hydrogen-bond acceptors (Lipinski definition) is 5. The second-order valence-electron chi connectivity index (χ2n) is 6.54. The van der Waals surface area contributed by atoms with Gasteiger partial charge in [0.05, 0.1) is 4.90 Å². The Bertz CT molecular complexity index is 792. The summed E-state index contributed by atoms with van der Waals surface area (Å²) in [5.41, 5.74) is 0.665. The minimum Gasteiger partial charge on any atom is -0.452 e. The van der Waals surface area contributed by atoms with Crippen molar-refractivity contribution in [2.75, 3.05) is 32.8 Å². The summed E-state index contributed by atoms with van der Waals surface area (Å²) >= 11 is 0. The van der Waals surface area contributed by atoms with Crippen molar-refractivity contribution in [2.24, 2.45) is 0 Å². The van der Waals surface area contributed by atoms with Gasteiger partial charge in [-0.15, -0.1) is 0 Å². The molecule has 154 valence electrons. The quantitative estimate of drug-likeness (QED) is 0.487. The van der Waals surface area contributed by atoms with Gasteiger partial charge in [-0.1, -0.05) is 26.0 Å². The van der Waals surface area contributed by atoms with Crippen molar-refractivity contribution in [3.05, 3.63) is 35.9 Å². The average Bonchev–Trinajstić information content (AvgIpc) is 2.72. The number of esters is 1. The lowest BCUT2D eigenvalue weighted by atomic mass is 10.1. The first-order valence-corrected chi connectivity index (χ1v) is 11.0. The Morgan fingerprint density at radius 1 is 1.07 bits per heavy atom. The molecule has 1 aromatic carbocycles. The Labute approximate surface area is 167 Å². The molecule has 0 aliphatic carbocycles. The van der Waals surface area contributed by atoms with Crippen LogP contribution in [0.2, 0.25) is 0 Å². The van der Waals surface area contributed by atoms with Crippen molar-refractivity contribution in [1.29, 1.82) is 0 Å². The molecular formula is C20H28N2O5S. The second-order valence-corrected chi connectivity index (χ2v) is 8.48. The van der Waals surface area contributed by atoms with Gasteiger partial charge in [0.15, 0.2) is 6.61 Å². The number of carbonyl (C=O) groups excluding carboxylic acids is 2. The van der Waals surface area contributed by atoms with Crippen molar-refractivity contribution >= 4 is 28.0 Å². The highest BCUT2D eigenvalue weighted by atomic mass is 32.2. The van der Waals surface area contributed by atoms with E-state index in [0.717, 1.165) is 32.4 Å². The number of nitrogens with zero attached hydrogens (tertiary/aromatic N) is 2. The molecule has 7 nitrogen and oxygen atoms in total. The van der Waals surface area contributed by atoms with Gasteiger partial charge in [0, 0.05) is 32.3 Å². The molecule has 0 unspecified atom stereocenters. The van der Waals surface area contributed by atoms with Crippen LogP contribution >= 0.6 is 0 Å². The highest BCUT2D eigenvalue weighted by Crippen LogP contribution is 2.17. The van der Waals surface area contributed by atoms with E-state index in [9.17, 15) is 18.0 Å². The average molecular weight is 409 g/mol. The van der Waals surface area contributed by atoms with E-state index in [2.05, 4.69) is 0 Å². The number of piperidine rings is 1. The van der Waals surface area contributed by atoms with E-state index in [4.69, 9.17) is 4.74 Å². The second kappa shape index (κ2) is 10.4. The smallest absolute Gasteiger partial charge is 0.331 e. The molecule has 0 atom stereocenters. The Hall–Kier alpha value is -2.19. The third-order valence-electron chi connectivity index (χ3n) is 4.68. The largest absolute Gasteiger partial charge is 0.452 e. The lowest BCUT2D eigenvalue weighted by Gasteiger charge is -2.26. The van der Waals surface area contributed by atoms with Crippen molar-refractivity contribution in [3.63, 3.8) is 0 Å². The number of hydrogen-bond donors (Lipinski definition) is 0. The molecule has 1 aromatic rings. The van der Waals surface area contributed by atoms with Crippen LogP contribution in [0.4, 0.5) is 0 Å². The molecule has 0 bridgehead atoms. The Kier molecular flexibility index (Phi) is 8.19. The Balaban J connectivity index is 1.89. The van der Waals surface area contributed by atoms with Crippen LogP contribution in [0.25, 0.3) is 6.08 Å². The van der Waals surface area contributed by atoms with Crippen LogP contribution in [0, 0.1) is 0 Å². The van der Waals surface area contributed by atoms with E-state index in [1.165, 1.54) is 28.6 Å². The molecule has 0 N–H and O–H groups in total. The van der Waals surface area contributed by atoms with E-state index in [1.54, 1.807) is 30.9 Å². The first-order valence-electron chi connectivity index (χ1n) is 9.61. The fraction of sp³-hybridized carbons (Fsp3) is 0.500. The van der Waals surface area contributed by atoms with Crippen molar-refractivity contribution < 1.29 is 22.7 Å². The zero-order chi connectivity index (χ0) is 20.6. The third-order valence-corrected chi connectivity index (χ3v) is 6.75. The van der Waals surface area contributed by atoms with Crippen molar-refractivity contribution in [3.8, 4) is 0 Å². The number of rotatable bonds is 8. The molecule has 2 rings (SSSR count). The van der Waals surface area contributed by atoms with Gasteiger partial charge in [0.1, 0.15) is 0 Å². The number of likely N-dealkylation sites (tertiary alicyclic amines) is 1. The molecule has 0 spiro atoms. The summed E-state index contributed by atoms with van der Waals surface area (Å²) in [4.78, 5) is 25.7. The molecule has 0 radical (unpaired) electrons. The summed E-state index contributed by atoms with van der Waals surface area (Å²) in [6.45, 7) is 5.57. The first kappa shape index (κ1) is 22.1. The minimum atomic E-state index is -3.50. The maximum atomic E-state index is 12.4. The van der Waals surface area contributed by atoms with E-state index < -0.39 is 16.0 Å². The molecule has 0 aromatic heterocycles. The normalized spacial score (nSPS) is 15.2. The molecule has 1 heterocycles. The van der Waals surface area contributed by atoms with Crippen LogP contribution < -0.4 is 0 Å². The van der Waals surface area contributed by atoms with Gasteiger partial charge in [0.2, 0.25) is 10.0 Å². The maximum Gasteiger partial charge on any atom is 0.331 e. The summed E-state index contributed by atoms with van der Waals surface area (Å²) in [5.74, 6) is -0.780. The van der Waals surface area contributed by atoms with E-state index in [1.807, 2.05) is 0 Å². The number of ether oxygens (including phenoxy) is 1. The van der Waals surface area contributed by atoms with Crippen LogP contribution in [0.3, 0.4) is 0 Å². The summed E-state index contributed by atoms with van der Waals surface area (Å²) < 4.78 is 31.3. The van der Waals surface area contributed by atoms with Crippen LogP contribution in [0.5, 0.6) is 0 Å². The predicted octanol–water partition coefficient (Wildman–Crippen LogP) is 2.29. The van der Waals surface area contributed by atoms with E-state index >= 15 is 0 Å². The van der Waals surface area contributed by atoms with Crippen LogP contribution in [-0.2, 0) is 24.3 Å². The minimum absolute atomic E-state index is 0.174. The predicted molar refractivity (Wildman–Crippen MR) is 107 cm³/mol. The molecular weight excluding hydrogens is 380 g/mol. The summed E-state index contributed by atoms with van der Waals surface area (Å²) in [6, 6.07) is 6.27. The zero-order valence-corrected chi connectivity index (χ0v) is 17.3. The highest BCUT2D eigenvalue weighted by molar-refractivity contribution is 7.89. The zero-order valence-electron chi connectivity index (χ0n) is 16.5. The molecule has 28 heavy (non-hydrogen) atoms. The molecule has 1 saturated heterocycles. The van der Waals surface area contributed by atoms with Crippen LogP contribution in [0.1, 0.15) is 38.7 Å². The van der Waals surface area contributed by atoms with E-state index in [-0.39, 0.29) is 17.4 Å². The number of carbonyl (C=O) groups is 2. The van der Waals surface area contributed by atoms with Gasteiger partial charge >= 0.3 is 5.97 Å². The highest BCUT2D eigenvalue weighted by Gasteiger charge is 2.21. The van der Waals surface area contributed by atoms with Crippen LogP contribution in [-0.4, -0.2) is 62.3 Å². The van der Waals surface area contributed by atoms with Crippen molar-refractivity contribution in [2.45, 2.75) is 38.0 Å². The molecule has 1 aliphatic rings. The number of benzene rings is 1. The number of amides is 1. The molecule has 1 amide bonds. The SMILES string of the molecule is CCN(CC)S(=O)(=O)c1ccc(C=CC(=O)OCC(=O)N2CCCCC2)cc1. The first-order chi connectivity index (χ1) is 13.4. The lowest BCUT2D eigenvalue weighted by Crippen LogP contribution is -2.38. The summed E-state index contributed by atoms with van der Waals surface area (Å²) in [5, 5.41) is 0. The maximum absolute atomic E-state index is 12.4. The molecule has 1 aliphatic heterocycles.